The molecule has 6 heteroatoms. The van der Waals surface area contributed by atoms with Crippen molar-refractivity contribution in [3.05, 3.63) is 77.4 Å². The number of aliphatic imine (C=N–C) groups is 1. The van der Waals surface area contributed by atoms with E-state index in [2.05, 4.69) is 44.2 Å². The third-order valence-corrected chi connectivity index (χ3v) is 4.36. The van der Waals surface area contributed by atoms with Gasteiger partial charge in [0.2, 0.25) is 5.82 Å². The van der Waals surface area contributed by atoms with Crippen LogP contribution in [0.25, 0.3) is 11.1 Å². The second kappa shape index (κ2) is 9.79. The second-order valence-electron chi connectivity index (χ2n) is 6.32. The van der Waals surface area contributed by atoms with Crippen LogP contribution in [0.4, 0.5) is 14.5 Å². The Bertz CT molecular complexity index is 1080. The molecule has 0 saturated heterocycles. The highest BCUT2D eigenvalue weighted by atomic mass is 32.1. The summed E-state index contributed by atoms with van der Waals surface area (Å²) in [5, 5.41) is 2.24. The van der Waals surface area contributed by atoms with Crippen LogP contribution in [0.5, 0.6) is 0 Å². The first kappa shape index (κ1) is 20.5. The predicted octanol–water partition coefficient (Wildman–Crippen LogP) is 5.90. The smallest absolute Gasteiger partial charge is 0.205 e. The molecule has 0 aliphatic heterocycles. The van der Waals surface area contributed by atoms with Gasteiger partial charge in [0.25, 0.3) is 0 Å². The molecule has 3 nitrogen and oxygen atoms in total. The van der Waals surface area contributed by atoms with E-state index in [9.17, 15) is 8.78 Å². The van der Waals surface area contributed by atoms with Crippen molar-refractivity contribution in [3.63, 3.8) is 0 Å². The predicted molar refractivity (Wildman–Crippen MR) is 113 cm³/mol. The van der Waals surface area contributed by atoms with Crippen molar-refractivity contribution in [3.8, 4) is 23.0 Å². The minimum atomic E-state index is -0.504. The van der Waals surface area contributed by atoms with E-state index in [4.69, 9.17) is 0 Å². The lowest BCUT2D eigenvalue weighted by Crippen LogP contribution is -1.97. The lowest BCUT2D eigenvalue weighted by Gasteiger charge is -2.08. The van der Waals surface area contributed by atoms with E-state index in [1.165, 1.54) is 24.5 Å². The van der Waals surface area contributed by atoms with E-state index in [1.807, 2.05) is 6.92 Å². The summed E-state index contributed by atoms with van der Waals surface area (Å²) in [6, 6.07) is 9.89. The van der Waals surface area contributed by atoms with Gasteiger partial charge in [-0.15, -0.1) is 0 Å². The van der Waals surface area contributed by atoms with Gasteiger partial charge in [0.05, 0.1) is 17.6 Å². The van der Waals surface area contributed by atoms with Gasteiger partial charge < -0.3 is 0 Å². The minimum absolute atomic E-state index is 0.153. The van der Waals surface area contributed by atoms with Gasteiger partial charge in [-0.05, 0) is 66.4 Å². The summed E-state index contributed by atoms with van der Waals surface area (Å²) in [5.74, 6) is 5.15. The number of unbranched alkanes of at least 4 members (excludes halogenated alkanes) is 1. The Labute approximate surface area is 173 Å². The van der Waals surface area contributed by atoms with Crippen molar-refractivity contribution >= 4 is 23.1 Å². The van der Waals surface area contributed by atoms with Crippen LogP contribution in [0.3, 0.4) is 0 Å². The summed E-state index contributed by atoms with van der Waals surface area (Å²) in [6.07, 6.45) is 5.06. The van der Waals surface area contributed by atoms with Gasteiger partial charge in [-0.1, -0.05) is 31.4 Å². The van der Waals surface area contributed by atoms with Crippen LogP contribution in [-0.2, 0) is 6.42 Å². The molecule has 0 spiro atoms. The van der Waals surface area contributed by atoms with Crippen LogP contribution in [0.1, 0.15) is 36.7 Å². The van der Waals surface area contributed by atoms with Crippen molar-refractivity contribution < 1.29 is 8.78 Å². The van der Waals surface area contributed by atoms with Crippen molar-refractivity contribution in [2.75, 3.05) is 0 Å². The highest BCUT2D eigenvalue weighted by Crippen LogP contribution is 2.25. The Balaban J connectivity index is 1.78. The molecular weight excluding hydrogens is 388 g/mol. The molecule has 0 saturated carbocycles. The van der Waals surface area contributed by atoms with Gasteiger partial charge in [-0.2, -0.15) is 4.99 Å². The van der Waals surface area contributed by atoms with Crippen molar-refractivity contribution in [1.82, 2.24) is 9.97 Å². The van der Waals surface area contributed by atoms with Crippen LogP contribution in [0.15, 0.2) is 53.8 Å². The average Bonchev–Trinajstić information content (AvgIpc) is 2.73. The Morgan fingerprint density at radius 1 is 0.966 bits per heavy atom. The standard InChI is InChI=1S/C23H17F2N3S/c1-2-3-4-20-21(24)11-18(12-22(20)25)17-8-5-16(6-9-17)7-10-23-26-13-19(14-27-23)28-15-29/h5-6,8-9,11-14H,2-4H2,1H3. The molecule has 3 rings (SSSR count). The maximum absolute atomic E-state index is 14.3. The van der Waals surface area contributed by atoms with E-state index in [-0.39, 0.29) is 5.56 Å². The van der Waals surface area contributed by atoms with Crippen molar-refractivity contribution in [1.29, 1.82) is 0 Å². The molecule has 0 fully saturated rings. The Hall–Kier alpha value is -3.26. The molecule has 0 atom stereocenters. The van der Waals surface area contributed by atoms with E-state index in [0.29, 0.717) is 29.1 Å². The average molecular weight is 405 g/mol. The maximum atomic E-state index is 14.3. The Morgan fingerprint density at radius 2 is 1.62 bits per heavy atom. The quantitative estimate of drug-likeness (QED) is 0.301. The third-order valence-electron chi connectivity index (χ3n) is 4.27. The van der Waals surface area contributed by atoms with Crippen LogP contribution >= 0.6 is 12.2 Å². The highest BCUT2D eigenvalue weighted by molar-refractivity contribution is 7.78. The fourth-order valence-corrected chi connectivity index (χ4v) is 2.84. The molecule has 0 radical (unpaired) electrons. The number of halogens is 2. The van der Waals surface area contributed by atoms with Crippen LogP contribution < -0.4 is 0 Å². The summed E-state index contributed by atoms with van der Waals surface area (Å²) in [5.41, 5.74) is 2.61. The van der Waals surface area contributed by atoms with E-state index in [0.717, 1.165) is 18.4 Å². The highest BCUT2D eigenvalue weighted by Gasteiger charge is 2.11. The number of nitrogens with zero attached hydrogens (tertiary/aromatic N) is 3. The first-order chi connectivity index (χ1) is 14.1. The van der Waals surface area contributed by atoms with Gasteiger partial charge in [0.1, 0.15) is 17.3 Å². The zero-order valence-corrected chi connectivity index (χ0v) is 16.6. The van der Waals surface area contributed by atoms with Crippen LogP contribution in [0, 0.1) is 23.5 Å². The molecule has 0 N–H and O–H groups in total. The molecule has 0 bridgehead atoms. The van der Waals surface area contributed by atoms with Crippen LogP contribution in [0.2, 0.25) is 0 Å². The molecule has 1 aromatic heterocycles. The minimum Gasteiger partial charge on any atom is -0.227 e. The lowest BCUT2D eigenvalue weighted by molar-refractivity contribution is 0.550. The molecule has 144 valence electrons. The number of benzene rings is 2. The topological polar surface area (TPSA) is 38.1 Å². The normalized spacial score (nSPS) is 10.0. The molecular formula is C23H17F2N3S. The van der Waals surface area contributed by atoms with Gasteiger partial charge in [0.15, 0.2) is 0 Å². The van der Waals surface area contributed by atoms with E-state index >= 15 is 0 Å². The van der Waals surface area contributed by atoms with Gasteiger partial charge in [0, 0.05) is 11.1 Å². The molecule has 2 aromatic carbocycles. The van der Waals surface area contributed by atoms with Crippen molar-refractivity contribution in [2.45, 2.75) is 26.2 Å². The zero-order valence-electron chi connectivity index (χ0n) is 15.7. The van der Waals surface area contributed by atoms with E-state index in [1.54, 1.807) is 24.3 Å². The molecule has 1 heterocycles. The summed E-state index contributed by atoms with van der Waals surface area (Å²) >= 11 is 4.52. The number of hydrogen-bond acceptors (Lipinski definition) is 4. The number of rotatable bonds is 5. The second-order valence-corrected chi connectivity index (χ2v) is 6.50. The monoisotopic (exact) mass is 405 g/mol. The fourth-order valence-electron chi connectivity index (χ4n) is 2.73. The molecule has 0 aliphatic rings. The Morgan fingerprint density at radius 3 is 2.21 bits per heavy atom. The summed E-state index contributed by atoms with van der Waals surface area (Å²) in [6.45, 7) is 1.99. The van der Waals surface area contributed by atoms with Gasteiger partial charge in [-0.3, -0.25) is 0 Å². The van der Waals surface area contributed by atoms with Gasteiger partial charge >= 0.3 is 0 Å². The molecule has 29 heavy (non-hydrogen) atoms. The van der Waals surface area contributed by atoms with E-state index < -0.39 is 11.6 Å². The Kier molecular flexibility index (Phi) is 6.91. The number of hydrogen-bond donors (Lipinski definition) is 0. The number of isothiocyanates is 1. The number of thiocarbonyl (C=S) groups is 1. The zero-order chi connectivity index (χ0) is 20.6. The third kappa shape index (κ3) is 5.39. The van der Waals surface area contributed by atoms with Gasteiger partial charge in [-0.25, -0.2) is 18.7 Å². The molecule has 0 unspecified atom stereocenters. The number of aromatic nitrogens is 2. The lowest BCUT2D eigenvalue weighted by atomic mass is 9.99. The first-order valence-electron chi connectivity index (χ1n) is 9.11. The summed E-state index contributed by atoms with van der Waals surface area (Å²) in [7, 11) is 0. The molecule has 0 amide bonds. The first-order valence-corrected chi connectivity index (χ1v) is 9.52. The largest absolute Gasteiger partial charge is 0.227 e. The maximum Gasteiger partial charge on any atom is 0.205 e. The summed E-state index contributed by atoms with van der Waals surface area (Å²) < 4.78 is 28.6. The van der Waals surface area contributed by atoms with Crippen LogP contribution in [-0.4, -0.2) is 15.1 Å². The SMILES string of the molecule is CCCCc1c(F)cc(-c2ccc(C#Cc3ncc(N=C=S)cn3)cc2)cc1F. The molecule has 3 aromatic rings. The van der Waals surface area contributed by atoms with Crippen molar-refractivity contribution in [2.24, 2.45) is 4.99 Å². The fraction of sp³-hybridized carbons (Fsp3) is 0.174. The summed E-state index contributed by atoms with van der Waals surface area (Å²) in [4.78, 5) is 11.9. The molecule has 0 aliphatic carbocycles.